The SMILES string of the molecule is CN1C(c2cccc3c2sc2ccccc23)NC(c2ccccc2)NC1C1C=Cc2sc3ccc(-c4cccc5c4oc4ccccc45)cc3c2C1. The van der Waals surface area contributed by atoms with Crippen molar-refractivity contribution in [2.24, 2.45) is 5.92 Å². The first-order chi connectivity index (χ1) is 25.7. The Hall–Kier alpha value is -5.08. The Labute approximate surface area is 309 Å². The summed E-state index contributed by atoms with van der Waals surface area (Å²) in [5, 5.41) is 14.4. The Bertz CT molecular complexity index is 2850. The molecule has 4 heterocycles. The molecule has 0 bridgehead atoms. The van der Waals surface area contributed by atoms with Gasteiger partial charge in [-0.3, -0.25) is 15.5 Å². The molecule has 1 aliphatic heterocycles. The van der Waals surface area contributed by atoms with Gasteiger partial charge in [-0.1, -0.05) is 115 Å². The number of hydrogen-bond donors (Lipinski definition) is 2. The Kier molecular flexibility index (Phi) is 7.04. The van der Waals surface area contributed by atoms with Crippen LogP contribution >= 0.6 is 22.7 Å². The number of nitrogens with zero attached hydrogens (tertiary/aromatic N) is 1. The standard InChI is InChI=1S/C46H35N3OS2/c1-49-45(47-44(27-11-3-2-4-12-27)48-46(49)35-18-10-17-34-32-14-6-8-20-39(32)52-43(34)35)29-22-24-41-37(26-29)36-25-28(21-23-40(36)51-41)30-15-9-16-33-31-13-5-7-19-38(31)50-42(30)33/h2-25,29,44-48H,26H2,1H3. The summed E-state index contributed by atoms with van der Waals surface area (Å²) in [6, 6.07) is 48.3. The van der Waals surface area contributed by atoms with E-state index in [0.29, 0.717) is 0 Å². The van der Waals surface area contributed by atoms with Gasteiger partial charge in [0.05, 0.1) is 18.5 Å². The van der Waals surface area contributed by atoms with E-state index in [-0.39, 0.29) is 24.4 Å². The van der Waals surface area contributed by atoms with Gasteiger partial charge in [0.1, 0.15) is 11.2 Å². The Morgan fingerprint density at radius 3 is 2.37 bits per heavy atom. The van der Waals surface area contributed by atoms with Crippen LogP contribution < -0.4 is 10.6 Å². The number of furan rings is 1. The number of rotatable bonds is 4. The van der Waals surface area contributed by atoms with Gasteiger partial charge >= 0.3 is 0 Å². The summed E-state index contributed by atoms with van der Waals surface area (Å²) in [4.78, 5) is 3.90. The summed E-state index contributed by atoms with van der Waals surface area (Å²) < 4.78 is 10.5. The first-order valence-electron chi connectivity index (χ1n) is 18.0. The number of hydrogen-bond acceptors (Lipinski definition) is 6. The highest BCUT2D eigenvalue weighted by Gasteiger charge is 2.39. The van der Waals surface area contributed by atoms with Crippen molar-refractivity contribution in [3.63, 3.8) is 0 Å². The van der Waals surface area contributed by atoms with Crippen LogP contribution in [0.1, 0.15) is 33.9 Å². The zero-order valence-corrected chi connectivity index (χ0v) is 30.2. The molecule has 4 unspecified atom stereocenters. The van der Waals surface area contributed by atoms with Crippen molar-refractivity contribution in [1.29, 1.82) is 0 Å². The van der Waals surface area contributed by atoms with E-state index < -0.39 is 0 Å². The number of thiophene rings is 2. The molecular weight excluding hydrogens is 675 g/mol. The van der Waals surface area contributed by atoms with Crippen LogP contribution in [-0.4, -0.2) is 18.1 Å². The second kappa shape index (κ2) is 12.0. The van der Waals surface area contributed by atoms with Gasteiger partial charge in [0.25, 0.3) is 0 Å². The van der Waals surface area contributed by atoms with Crippen LogP contribution in [0.4, 0.5) is 0 Å². The molecule has 0 radical (unpaired) electrons. The maximum absolute atomic E-state index is 6.46. The molecule has 0 spiro atoms. The topological polar surface area (TPSA) is 40.4 Å². The van der Waals surface area contributed by atoms with Crippen molar-refractivity contribution in [3.05, 3.63) is 161 Å². The van der Waals surface area contributed by atoms with Crippen LogP contribution in [0.3, 0.4) is 0 Å². The molecule has 1 fully saturated rings. The van der Waals surface area contributed by atoms with Gasteiger partial charge in [-0.05, 0) is 65.9 Å². The minimum atomic E-state index is 0.00181. The molecule has 1 saturated heterocycles. The molecule has 0 amide bonds. The number of fused-ring (bicyclic) bond motifs is 9. The van der Waals surface area contributed by atoms with E-state index >= 15 is 0 Å². The molecular formula is C46H35N3OS2. The smallest absolute Gasteiger partial charge is 0.143 e. The van der Waals surface area contributed by atoms with E-state index in [2.05, 4.69) is 162 Å². The van der Waals surface area contributed by atoms with Crippen molar-refractivity contribution < 1.29 is 4.42 Å². The van der Waals surface area contributed by atoms with E-state index in [0.717, 1.165) is 33.9 Å². The summed E-state index contributed by atoms with van der Waals surface area (Å²) in [5.41, 5.74) is 8.25. The van der Waals surface area contributed by atoms with Crippen LogP contribution in [0.25, 0.3) is 69.4 Å². The fourth-order valence-electron chi connectivity index (χ4n) is 8.72. The lowest BCUT2D eigenvalue weighted by Crippen LogP contribution is -2.62. The first kappa shape index (κ1) is 30.5. The summed E-state index contributed by atoms with van der Waals surface area (Å²) in [6.45, 7) is 0. The molecule has 6 aromatic carbocycles. The third-order valence-electron chi connectivity index (χ3n) is 11.2. The van der Waals surface area contributed by atoms with Gasteiger partial charge in [0, 0.05) is 57.6 Å². The molecule has 6 heteroatoms. The molecule has 4 nitrogen and oxygen atoms in total. The average molecular weight is 710 g/mol. The fourth-order valence-corrected chi connectivity index (χ4v) is 11.1. The van der Waals surface area contributed by atoms with Gasteiger partial charge in [-0.2, -0.15) is 0 Å². The Morgan fingerprint density at radius 2 is 1.44 bits per heavy atom. The van der Waals surface area contributed by atoms with Crippen LogP contribution in [0.2, 0.25) is 0 Å². The molecule has 0 saturated carbocycles. The fraction of sp³-hybridized carbons (Fsp3) is 0.130. The second-order valence-corrected chi connectivity index (χ2v) is 16.3. The normalized spacial score (nSPS) is 20.8. The van der Waals surface area contributed by atoms with E-state index in [9.17, 15) is 0 Å². The van der Waals surface area contributed by atoms with Crippen molar-refractivity contribution in [3.8, 4) is 11.1 Å². The summed E-state index contributed by atoms with van der Waals surface area (Å²) >= 11 is 3.81. The van der Waals surface area contributed by atoms with Crippen LogP contribution in [0.15, 0.2) is 144 Å². The minimum Gasteiger partial charge on any atom is -0.455 e. The van der Waals surface area contributed by atoms with E-state index in [1.54, 1.807) is 0 Å². The molecule has 4 atom stereocenters. The van der Waals surface area contributed by atoms with Gasteiger partial charge in [0.2, 0.25) is 0 Å². The molecule has 2 aliphatic rings. The zero-order valence-electron chi connectivity index (χ0n) is 28.5. The van der Waals surface area contributed by atoms with E-state index in [1.807, 2.05) is 28.7 Å². The Balaban J connectivity index is 0.986. The van der Waals surface area contributed by atoms with Crippen LogP contribution in [-0.2, 0) is 6.42 Å². The number of benzene rings is 6. The van der Waals surface area contributed by atoms with Crippen molar-refractivity contribution in [2.45, 2.75) is 24.9 Å². The largest absolute Gasteiger partial charge is 0.455 e. The van der Waals surface area contributed by atoms with E-state index in [4.69, 9.17) is 4.42 Å². The van der Waals surface area contributed by atoms with Crippen LogP contribution in [0.5, 0.6) is 0 Å². The summed E-state index contributed by atoms with van der Waals surface area (Å²) in [6.07, 6.45) is 5.93. The highest BCUT2D eigenvalue weighted by Crippen LogP contribution is 2.44. The Morgan fingerprint density at radius 1 is 0.673 bits per heavy atom. The van der Waals surface area contributed by atoms with E-state index in [1.165, 1.54) is 57.4 Å². The quantitative estimate of drug-likeness (QED) is 0.191. The predicted octanol–water partition coefficient (Wildman–Crippen LogP) is 11.9. The van der Waals surface area contributed by atoms with Gasteiger partial charge in [-0.15, -0.1) is 22.7 Å². The van der Waals surface area contributed by atoms with Crippen molar-refractivity contribution >= 4 is 80.9 Å². The minimum absolute atomic E-state index is 0.00181. The monoisotopic (exact) mass is 709 g/mol. The average Bonchev–Trinajstić information content (AvgIpc) is 3.89. The lowest BCUT2D eigenvalue weighted by atomic mass is 9.87. The molecule has 1 aliphatic carbocycles. The van der Waals surface area contributed by atoms with Gasteiger partial charge in [0.15, 0.2) is 0 Å². The highest BCUT2D eigenvalue weighted by atomic mass is 32.1. The maximum Gasteiger partial charge on any atom is 0.143 e. The van der Waals surface area contributed by atoms with Gasteiger partial charge in [-0.25, -0.2) is 0 Å². The highest BCUT2D eigenvalue weighted by molar-refractivity contribution is 7.26. The predicted molar refractivity (Wildman–Crippen MR) is 220 cm³/mol. The number of para-hydroxylation sites is 2. The van der Waals surface area contributed by atoms with Crippen molar-refractivity contribution in [2.75, 3.05) is 7.05 Å². The van der Waals surface area contributed by atoms with Crippen LogP contribution in [0, 0.1) is 5.92 Å². The number of nitrogens with one attached hydrogen (secondary N) is 2. The molecule has 252 valence electrons. The second-order valence-electron chi connectivity index (χ2n) is 14.2. The lowest BCUT2D eigenvalue weighted by molar-refractivity contribution is 0.0208. The molecule has 52 heavy (non-hydrogen) atoms. The first-order valence-corrected chi connectivity index (χ1v) is 19.6. The van der Waals surface area contributed by atoms with Gasteiger partial charge < -0.3 is 4.42 Å². The lowest BCUT2D eigenvalue weighted by Gasteiger charge is -2.48. The molecule has 3 aromatic heterocycles. The zero-order chi connectivity index (χ0) is 34.3. The van der Waals surface area contributed by atoms with Crippen molar-refractivity contribution in [1.82, 2.24) is 15.5 Å². The summed E-state index contributed by atoms with van der Waals surface area (Å²) in [7, 11) is 2.28. The molecule has 9 aromatic rings. The maximum atomic E-state index is 6.46. The third kappa shape index (κ3) is 4.76. The summed E-state index contributed by atoms with van der Waals surface area (Å²) in [5.74, 6) is 0.273. The third-order valence-corrected chi connectivity index (χ3v) is 13.7. The molecule has 11 rings (SSSR count). The molecule has 2 N–H and O–H groups in total.